The average molecular weight is 435 g/mol. The van der Waals surface area contributed by atoms with E-state index in [2.05, 4.69) is 9.88 Å². The van der Waals surface area contributed by atoms with Crippen molar-refractivity contribution in [3.8, 4) is 5.75 Å². The van der Waals surface area contributed by atoms with E-state index < -0.39 is 0 Å². The van der Waals surface area contributed by atoms with E-state index in [1.54, 1.807) is 11.1 Å². The van der Waals surface area contributed by atoms with E-state index >= 15 is 0 Å². The molecule has 0 radical (unpaired) electrons. The number of likely N-dealkylation sites (tertiary alicyclic amines) is 1. The van der Waals surface area contributed by atoms with Crippen molar-refractivity contribution in [1.29, 1.82) is 0 Å². The van der Waals surface area contributed by atoms with Crippen LogP contribution in [0.1, 0.15) is 23.6 Å². The van der Waals surface area contributed by atoms with Crippen molar-refractivity contribution < 1.29 is 14.6 Å². The number of β-amino-alcohol motifs (C(OH)–C–C–N with tert-alkyl or cyclic N) is 1. The number of amides is 1. The minimum Gasteiger partial charge on any atom is -0.483 e. The first-order valence-electron chi connectivity index (χ1n) is 11.0. The standard InChI is InChI=1S/C25H30N4O3/c1-28(22(18-6-3-2-4-7-18)16-29-13-11-20(30)15-29)24(31)17-32-23-10-9-19(14-26)25-21(23)8-5-12-27-25/h2-10,12,20,22,30H,11,13-17,26H2,1H3/t20-,22?/m0/s1. The summed E-state index contributed by atoms with van der Waals surface area (Å²) in [5.41, 5.74) is 8.63. The fourth-order valence-electron chi connectivity index (χ4n) is 4.26. The first kappa shape index (κ1) is 22.2. The molecule has 168 valence electrons. The zero-order valence-corrected chi connectivity index (χ0v) is 18.4. The fourth-order valence-corrected chi connectivity index (χ4v) is 4.26. The number of aliphatic hydroxyl groups is 1. The molecule has 1 unspecified atom stereocenters. The van der Waals surface area contributed by atoms with Gasteiger partial charge in [-0.3, -0.25) is 14.7 Å². The molecule has 1 aliphatic heterocycles. The molecule has 7 nitrogen and oxygen atoms in total. The van der Waals surface area contributed by atoms with Gasteiger partial charge in [0.2, 0.25) is 0 Å². The van der Waals surface area contributed by atoms with E-state index in [9.17, 15) is 9.90 Å². The van der Waals surface area contributed by atoms with Crippen LogP contribution in [0.4, 0.5) is 0 Å². The number of nitrogens with two attached hydrogens (primary N) is 1. The molecule has 2 aromatic carbocycles. The Morgan fingerprint density at radius 2 is 2.06 bits per heavy atom. The van der Waals surface area contributed by atoms with Crippen LogP contribution in [0.2, 0.25) is 0 Å². The Balaban J connectivity index is 1.49. The van der Waals surface area contributed by atoms with Gasteiger partial charge in [0.05, 0.1) is 17.7 Å². The van der Waals surface area contributed by atoms with Gasteiger partial charge in [-0.05, 0) is 35.7 Å². The highest BCUT2D eigenvalue weighted by atomic mass is 16.5. The smallest absolute Gasteiger partial charge is 0.260 e. The monoisotopic (exact) mass is 434 g/mol. The van der Waals surface area contributed by atoms with E-state index in [1.807, 2.05) is 61.6 Å². The Hall–Kier alpha value is -3.00. The number of carbonyl (C=O) groups excluding carboxylic acids is 1. The van der Waals surface area contributed by atoms with Crippen LogP contribution in [0.25, 0.3) is 10.9 Å². The van der Waals surface area contributed by atoms with Crippen LogP contribution in [0.3, 0.4) is 0 Å². The van der Waals surface area contributed by atoms with E-state index in [-0.39, 0.29) is 24.7 Å². The minimum absolute atomic E-state index is 0.0750. The topological polar surface area (TPSA) is 91.9 Å². The summed E-state index contributed by atoms with van der Waals surface area (Å²) in [6.45, 7) is 2.44. The third kappa shape index (κ3) is 4.91. The van der Waals surface area contributed by atoms with Crippen LogP contribution in [0.5, 0.6) is 5.75 Å². The van der Waals surface area contributed by atoms with Gasteiger partial charge in [0.1, 0.15) is 5.75 Å². The Kier molecular flexibility index (Phi) is 6.99. The van der Waals surface area contributed by atoms with Gasteiger partial charge in [0.15, 0.2) is 6.61 Å². The molecule has 0 bridgehead atoms. The normalized spacial score (nSPS) is 17.4. The Morgan fingerprint density at radius 3 is 2.78 bits per heavy atom. The number of hydrogen-bond acceptors (Lipinski definition) is 6. The van der Waals surface area contributed by atoms with Gasteiger partial charge in [-0.15, -0.1) is 0 Å². The maximum Gasteiger partial charge on any atom is 0.260 e. The molecule has 2 atom stereocenters. The SMILES string of the molecule is CN(C(=O)COc1ccc(CN)c2ncccc12)C(CN1CC[C@H](O)C1)c1ccccc1. The van der Waals surface area contributed by atoms with Gasteiger partial charge in [0, 0.05) is 44.8 Å². The molecule has 2 heterocycles. The minimum atomic E-state index is -0.297. The zero-order valence-electron chi connectivity index (χ0n) is 18.4. The third-order valence-electron chi connectivity index (χ3n) is 6.11. The maximum absolute atomic E-state index is 13.1. The van der Waals surface area contributed by atoms with Crippen molar-refractivity contribution >= 4 is 16.8 Å². The summed E-state index contributed by atoms with van der Waals surface area (Å²) in [4.78, 5) is 21.5. The van der Waals surface area contributed by atoms with Crippen LogP contribution in [-0.4, -0.2) is 65.2 Å². The number of carbonyl (C=O) groups is 1. The maximum atomic E-state index is 13.1. The Bertz CT molecular complexity index is 1060. The lowest BCUT2D eigenvalue weighted by atomic mass is 10.0. The highest BCUT2D eigenvalue weighted by Crippen LogP contribution is 2.28. The molecular formula is C25H30N4O3. The molecule has 32 heavy (non-hydrogen) atoms. The number of hydrogen-bond donors (Lipinski definition) is 2. The second kappa shape index (κ2) is 10.1. The number of benzene rings is 2. The highest BCUT2D eigenvalue weighted by Gasteiger charge is 2.28. The number of fused-ring (bicyclic) bond motifs is 1. The van der Waals surface area contributed by atoms with E-state index in [1.165, 1.54) is 0 Å². The average Bonchev–Trinajstić information content (AvgIpc) is 3.25. The lowest BCUT2D eigenvalue weighted by Crippen LogP contribution is -2.40. The number of rotatable bonds is 8. The molecule has 0 aliphatic carbocycles. The van der Waals surface area contributed by atoms with E-state index in [4.69, 9.17) is 10.5 Å². The molecule has 0 saturated carbocycles. The van der Waals surface area contributed by atoms with Crippen LogP contribution >= 0.6 is 0 Å². The molecule has 4 rings (SSSR count). The molecule has 1 fully saturated rings. The van der Waals surface area contributed by atoms with Crippen LogP contribution in [0, 0.1) is 0 Å². The second-order valence-electron chi connectivity index (χ2n) is 8.25. The summed E-state index contributed by atoms with van der Waals surface area (Å²) in [6.07, 6.45) is 2.20. The fraction of sp³-hybridized carbons (Fsp3) is 0.360. The summed E-state index contributed by atoms with van der Waals surface area (Å²) < 4.78 is 5.95. The van der Waals surface area contributed by atoms with Gasteiger partial charge in [-0.2, -0.15) is 0 Å². The molecular weight excluding hydrogens is 404 g/mol. The van der Waals surface area contributed by atoms with Crippen LogP contribution in [-0.2, 0) is 11.3 Å². The molecule has 1 amide bonds. The van der Waals surface area contributed by atoms with Crippen LogP contribution < -0.4 is 10.5 Å². The third-order valence-corrected chi connectivity index (χ3v) is 6.11. The van der Waals surface area contributed by atoms with Gasteiger partial charge in [0.25, 0.3) is 5.91 Å². The largest absolute Gasteiger partial charge is 0.483 e. The van der Waals surface area contributed by atoms with Gasteiger partial charge in [-0.25, -0.2) is 0 Å². The molecule has 1 aromatic heterocycles. The second-order valence-corrected chi connectivity index (χ2v) is 8.25. The number of pyridine rings is 1. The molecule has 7 heteroatoms. The van der Waals surface area contributed by atoms with Gasteiger partial charge >= 0.3 is 0 Å². The highest BCUT2D eigenvalue weighted by molar-refractivity contribution is 5.88. The predicted molar refractivity (Wildman–Crippen MR) is 124 cm³/mol. The molecule has 3 aromatic rings. The Labute approximate surface area is 188 Å². The van der Waals surface area contributed by atoms with Gasteiger partial charge in [-0.1, -0.05) is 36.4 Å². The summed E-state index contributed by atoms with van der Waals surface area (Å²) in [5.74, 6) is 0.504. The van der Waals surface area contributed by atoms with Crippen molar-refractivity contribution in [2.45, 2.75) is 25.1 Å². The number of nitrogens with zero attached hydrogens (tertiary/aromatic N) is 3. The quantitative estimate of drug-likeness (QED) is 0.565. The molecule has 3 N–H and O–H groups in total. The first-order valence-corrected chi connectivity index (χ1v) is 11.0. The van der Waals surface area contributed by atoms with Crippen molar-refractivity contribution in [1.82, 2.24) is 14.8 Å². The Morgan fingerprint density at radius 1 is 1.25 bits per heavy atom. The lowest BCUT2D eigenvalue weighted by molar-refractivity contribution is -0.134. The van der Waals surface area contributed by atoms with Crippen molar-refractivity contribution in [2.24, 2.45) is 5.73 Å². The van der Waals surface area contributed by atoms with E-state index in [0.29, 0.717) is 25.4 Å². The van der Waals surface area contributed by atoms with Gasteiger partial charge < -0.3 is 20.5 Å². The number of ether oxygens (including phenoxy) is 1. The number of aromatic nitrogens is 1. The summed E-state index contributed by atoms with van der Waals surface area (Å²) in [6, 6.07) is 17.4. The molecule has 0 spiro atoms. The number of likely N-dealkylation sites (N-methyl/N-ethyl adjacent to an activating group) is 1. The lowest BCUT2D eigenvalue weighted by Gasteiger charge is -2.32. The van der Waals surface area contributed by atoms with Crippen molar-refractivity contribution in [2.75, 3.05) is 33.3 Å². The molecule has 1 saturated heterocycles. The van der Waals surface area contributed by atoms with E-state index in [0.717, 1.165) is 35.0 Å². The summed E-state index contributed by atoms with van der Waals surface area (Å²) in [5, 5.41) is 10.8. The number of aliphatic hydroxyl groups excluding tert-OH is 1. The molecule has 1 aliphatic rings. The van der Waals surface area contributed by atoms with Crippen molar-refractivity contribution in [3.05, 3.63) is 71.9 Å². The van der Waals surface area contributed by atoms with Crippen molar-refractivity contribution in [3.63, 3.8) is 0 Å². The zero-order chi connectivity index (χ0) is 22.5. The summed E-state index contributed by atoms with van der Waals surface area (Å²) in [7, 11) is 1.81. The summed E-state index contributed by atoms with van der Waals surface area (Å²) >= 11 is 0. The predicted octanol–water partition coefficient (Wildman–Crippen LogP) is 2.34. The first-order chi connectivity index (χ1) is 15.6. The van der Waals surface area contributed by atoms with Crippen LogP contribution in [0.15, 0.2) is 60.8 Å².